The van der Waals surface area contributed by atoms with E-state index in [9.17, 15) is 26.4 Å². The fourth-order valence-electron chi connectivity index (χ4n) is 2.56. The van der Waals surface area contributed by atoms with Gasteiger partial charge in [0.15, 0.2) is 0 Å². The summed E-state index contributed by atoms with van der Waals surface area (Å²) in [6.45, 7) is 0.255. The van der Waals surface area contributed by atoms with E-state index in [4.69, 9.17) is 11.6 Å². The van der Waals surface area contributed by atoms with E-state index in [0.717, 1.165) is 23.8 Å². The number of carbonyl (C=O) groups excluding carboxylic acids is 1. The lowest BCUT2D eigenvalue weighted by Gasteiger charge is -2.13. The maximum atomic E-state index is 12.5. The number of alkyl halides is 3. The van der Waals surface area contributed by atoms with Gasteiger partial charge in [-0.1, -0.05) is 17.7 Å². The largest absolute Gasteiger partial charge is 0.573 e. The average molecular weight is 501 g/mol. The van der Waals surface area contributed by atoms with Crippen molar-refractivity contribution in [1.82, 2.24) is 10.3 Å². The SMILES string of the molecule is O=C(NCc1cccnc1)Nc1ccc(S(=O)(=O)Nc2ccc(OC(F)(F)F)c(Cl)c2)cc1. The predicted octanol–water partition coefficient (Wildman–Crippen LogP) is 4.76. The van der Waals surface area contributed by atoms with Crippen LogP contribution in [-0.2, 0) is 16.6 Å². The normalized spacial score (nSPS) is 11.5. The zero-order valence-electron chi connectivity index (χ0n) is 16.6. The fourth-order valence-corrected chi connectivity index (χ4v) is 3.83. The van der Waals surface area contributed by atoms with Crippen molar-refractivity contribution in [1.29, 1.82) is 0 Å². The lowest BCUT2D eigenvalue weighted by Crippen LogP contribution is -2.28. The minimum absolute atomic E-state index is 0.0634. The lowest BCUT2D eigenvalue weighted by molar-refractivity contribution is -0.274. The number of hydrogen-bond donors (Lipinski definition) is 3. The van der Waals surface area contributed by atoms with Gasteiger partial charge in [-0.15, -0.1) is 13.2 Å². The maximum Gasteiger partial charge on any atom is 0.573 e. The van der Waals surface area contributed by atoms with Gasteiger partial charge in [-0.25, -0.2) is 13.2 Å². The molecule has 0 aliphatic carbocycles. The first kappa shape index (κ1) is 24.1. The van der Waals surface area contributed by atoms with Gasteiger partial charge in [-0.3, -0.25) is 9.71 Å². The number of rotatable bonds is 7. The van der Waals surface area contributed by atoms with Gasteiger partial charge in [-0.2, -0.15) is 0 Å². The first-order valence-corrected chi connectivity index (χ1v) is 11.0. The molecule has 0 spiro atoms. The van der Waals surface area contributed by atoms with Gasteiger partial charge < -0.3 is 15.4 Å². The number of aromatic nitrogens is 1. The summed E-state index contributed by atoms with van der Waals surface area (Å²) in [5.41, 5.74) is 1.08. The number of amides is 2. The zero-order valence-corrected chi connectivity index (χ0v) is 18.1. The van der Waals surface area contributed by atoms with Crippen molar-refractivity contribution < 1.29 is 31.1 Å². The molecule has 0 atom stereocenters. The van der Waals surface area contributed by atoms with E-state index in [1.807, 2.05) is 0 Å². The molecular weight excluding hydrogens is 485 g/mol. The molecule has 2 aromatic carbocycles. The Morgan fingerprint density at radius 3 is 2.36 bits per heavy atom. The molecule has 0 aliphatic rings. The van der Waals surface area contributed by atoms with Crippen molar-refractivity contribution in [3.63, 3.8) is 0 Å². The Balaban J connectivity index is 1.61. The Bertz CT molecular complexity index is 1220. The highest BCUT2D eigenvalue weighted by Gasteiger charge is 2.32. The van der Waals surface area contributed by atoms with Gasteiger partial charge in [0, 0.05) is 24.6 Å². The Labute approximate surface area is 191 Å². The second kappa shape index (κ2) is 9.96. The molecule has 1 heterocycles. The number of nitrogens with zero attached hydrogens (tertiary/aromatic N) is 1. The highest BCUT2D eigenvalue weighted by atomic mass is 35.5. The van der Waals surface area contributed by atoms with E-state index >= 15 is 0 Å². The number of pyridine rings is 1. The fraction of sp³-hybridized carbons (Fsp3) is 0.100. The molecule has 174 valence electrons. The molecule has 0 saturated carbocycles. The number of urea groups is 1. The molecule has 3 aromatic rings. The maximum absolute atomic E-state index is 12.5. The monoisotopic (exact) mass is 500 g/mol. The van der Waals surface area contributed by atoms with Crippen molar-refractivity contribution >= 4 is 39.0 Å². The van der Waals surface area contributed by atoms with Crippen LogP contribution in [0.3, 0.4) is 0 Å². The van der Waals surface area contributed by atoms with Crippen LogP contribution in [0.1, 0.15) is 5.56 Å². The summed E-state index contributed by atoms with van der Waals surface area (Å²) in [6.07, 6.45) is -1.72. The summed E-state index contributed by atoms with van der Waals surface area (Å²) in [5, 5.41) is 4.77. The second-order valence-corrected chi connectivity index (χ2v) is 8.58. The van der Waals surface area contributed by atoms with E-state index in [1.54, 1.807) is 24.5 Å². The Hall–Kier alpha value is -3.51. The third-order valence-electron chi connectivity index (χ3n) is 4.01. The summed E-state index contributed by atoms with van der Waals surface area (Å²) in [5.74, 6) is -0.663. The number of hydrogen-bond acceptors (Lipinski definition) is 5. The van der Waals surface area contributed by atoms with Crippen molar-refractivity contribution in [2.75, 3.05) is 10.0 Å². The molecule has 0 bridgehead atoms. The number of anilines is 2. The topological polar surface area (TPSA) is 109 Å². The molecule has 1 aromatic heterocycles. The van der Waals surface area contributed by atoms with E-state index in [0.29, 0.717) is 5.69 Å². The standard InChI is InChI=1S/C20H16ClF3N4O4S/c21-17-10-15(5-8-18(17)32-20(22,23)24)28-33(30,31)16-6-3-14(4-7-16)27-19(29)26-12-13-2-1-9-25-11-13/h1-11,28H,12H2,(H2,26,27,29). The molecule has 0 radical (unpaired) electrons. The van der Waals surface area contributed by atoms with Crippen LogP contribution in [-0.4, -0.2) is 25.8 Å². The Morgan fingerprint density at radius 2 is 1.76 bits per heavy atom. The molecule has 13 heteroatoms. The van der Waals surface area contributed by atoms with Crippen LogP contribution in [0.5, 0.6) is 5.75 Å². The number of carbonyl (C=O) groups is 1. The predicted molar refractivity (Wildman–Crippen MR) is 115 cm³/mol. The number of halogens is 4. The van der Waals surface area contributed by atoms with Gasteiger partial charge in [0.25, 0.3) is 10.0 Å². The van der Waals surface area contributed by atoms with Crippen LogP contribution >= 0.6 is 11.6 Å². The molecule has 3 N–H and O–H groups in total. The number of sulfonamides is 1. The summed E-state index contributed by atoms with van der Waals surface area (Å²) in [4.78, 5) is 15.8. The molecular formula is C20H16ClF3N4O4S. The summed E-state index contributed by atoms with van der Waals surface area (Å²) < 4.78 is 68.0. The minimum atomic E-state index is -4.93. The van der Waals surface area contributed by atoms with Crippen LogP contribution in [0.25, 0.3) is 0 Å². The number of nitrogens with one attached hydrogen (secondary N) is 3. The summed E-state index contributed by atoms with van der Waals surface area (Å²) in [6, 6.07) is 11.3. The van der Waals surface area contributed by atoms with Crippen molar-refractivity contribution in [3.05, 3.63) is 77.6 Å². The number of benzene rings is 2. The molecule has 0 unspecified atom stereocenters. The van der Waals surface area contributed by atoms with Gasteiger partial charge in [0.2, 0.25) is 0 Å². The minimum Gasteiger partial charge on any atom is -0.404 e. The third kappa shape index (κ3) is 7.26. The Morgan fingerprint density at radius 1 is 1.06 bits per heavy atom. The quantitative estimate of drug-likeness (QED) is 0.433. The van der Waals surface area contributed by atoms with E-state index < -0.39 is 33.2 Å². The molecule has 0 saturated heterocycles. The van der Waals surface area contributed by atoms with E-state index in [-0.39, 0.29) is 17.1 Å². The average Bonchev–Trinajstić information content (AvgIpc) is 2.74. The zero-order chi connectivity index (χ0) is 24.1. The smallest absolute Gasteiger partial charge is 0.404 e. The van der Waals surface area contributed by atoms with Crippen molar-refractivity contribution in [2.24, 2.45) is 0 Å². The molecule has 33 heavy (non-hydrogen) atoms. The van der Waals surface area contributed by atoms with Gasteiger partial charge in [-0.05, 0) is 54.1 Å². The molecule has 3 rings (SSSR count). The molecule has 0 fully saturated rings. The first-order valence-electron chi connectivity index (χ1n) is 9.14. The van der Waals surface area contributed by atoms with E-state index in [1.165, 1.54) is 24.3 Å². The molecule has 0 aliphatic heterocycles. The summed E-state index contributed by atoms with van der Waals surface area (Å²) in [7, 11) is -4.08. The number of ether oxygens (including phenoxy) is 1. The van der Waals surface area contributed by atoms with Crippen LogP contribution in [0.4, 0.5) is 29.3 Å². The van der Waals surface area contributed by atoms with E-state index in [2.05, 4.69) is 25.1 Å². The van der Waals surface area contributed by atoms with Crippen LogP contribution in [0.2, 0.25) is 5.02 Å². The first-order chi connectivity index (χ1) is 15.5. The van der Waals surface area contributed by atoms with Crippen molar-refractivity contribution in [2.45, 2.75) is 17.8 Å². The second-order valence-electron chi connectivity index (χ2n) is 6.49. The van der Waals surface area contributed by atoms with Crippen molar-refractivity contribution in [3.8, 4) is 5.75 Å². The lowest BCUT2D eigenvalue weighted by atomic mass is 10.3. The molecule has 2 amide bonds. The van der Waals surface area contributed by atoms with Gasteiger partial charge >= 0.3 is 12.4 Å². The van der Waals surface area contributed by atoms with Crippen LogP contribution in [0, 0.1) is 0 Å². The Kier molecular flexibility index (Phi) is 7.29. The third-order valence-corrected chi connectivity index (χ3v) is 5.70. The van der Waals surface area contributed by atoms with Gasteiger partial charge in [0.05, 0.1) is 15.6 Å². The summed E-state index contributed by atoms with van der Waals surface area (Å²) >= 11 is 5.73. The van der Waals surface area contributed by atoms with Crippen LogP contribution in [0.15, 0.2) is 71.9 Å². The highest BCUT2D eigenvalue weighted by Crippen LogP contribution is 2.32. The molecule has 8 nitrogen and oxygen atoms in total. The van der Waals surface area contributed by atoms with Gasteiger partial charge in [0.1, 0.15) is 5.75 Å². The highest BCUT2D eigenvalue weighted by molar-refractivity contribution is 7.92. The van der Waals surface area contributed by atoms with Crippen LogP contribution < -0.4 is 20.1 Å².